The highest BCUT2D eigenvalue weighted by molar-refractivity contribution is 9.10. The minimum atomic E-state index is -3.44. The Balaban J connectivity index is 1.73. The number of nitrogens with zero attached hydrogens (tertiary/aromatic N) is 3. The van der Waals surface area contributed by atoms with Gasteiger partial charge in [0.1, 0.15) is 5.82 Å². The summed E-state index contributed by atoms with van der Waals surface area (Å²) in [7, 11) is -3.44. The zero-order valence-corrected chi connectivity index (χ0v) is 15.2. The van der Waals surface area contributed by atoms with Crippen LogP contribution in [-0.4, -0.2) is 43.9 Å². The first-order valence-corrected chi connectivity index (χ1v) is 9.64. The molecule has 1 fully saturated rings. The summed E-state index contributed by atoms with van der Waals surface area (Å²) in [5, 5.41) is 0. The number of aromatic nitrogens is 1. The van der Waals surface area contributed by atoms with Gasteiger partial charge in [-0.25, -0.2) is 13.4 Å². The molecule has 23 heavy (non-hydrogen) atoms. The molecule has 5 nitrogen and oxygen atoms in total. The maximum absolute atomic E-state index is 12.7. The fourth-order valence-electron chi connectivity index (χ4n) is 2.64. The van der Waals surface area contributed by atoms with Crippen molar-refractivity contribution < 1.29 is 8.42 Å². The van der Waals surface area contributed by atoms with E-state index in [1.807, 2.05) is 31.2 Å². The third-order valence-electron chi connectivity index (χ3n) is 3.87. The van der Waals surface area contributed by atoms with Gasteiger partial charge in [0.2, 0.25) is 10.0 Å². The van der Waals surface area contributed by atoms with Gasteiger partial charge in [0.05, 0.1) is 4.90 Å². The van der Waals surface area contributed by atoms with Crippen LogP contribution in [0.15, 0.2) is 51.8 Å². The number of anilines is 1. The third kappa shape index (κ3) is 3.57. The molecule has 0 spiro atoms. The second kappa shape index (κ2) is 6.59. The first-order valence-electron chi connectivity index (χ1n) is 7.41. The summed E-state index contributed by atoms with van der Waals surface area (Å²) >= 11 is 3.33. The highest BCUT2D eigenvalue weighted by atomic mass is 79.9. The van der Waals surface area contributed by atoms with Crippen LogP contribution >= 0.6 is 15.9 Å². The van der Waals surface area contributed by atoms with Crippen molar-refractivity contribution in [3.8, 4) is 0 Å². The van der Waals surface area contributed by atoms with E-state index in [0.29, 0.717) is 31.1 Å². The molecule has 1 aliphatic heterocycles. The Hall–Kier alpha value is -1.44. The second-order valence-electron chi connectivity index (χ2n) is 5.49. The lowest BCUT2D eigenvalue weighted by Crippen LogP contribution is -2.48. The van der Waals surface area contributed by atoms with Gasteiger partial charge in [-0.05, 0) is 37.3 Å². The van der Waals surface area contributed by atoms with E-state index in [2.05, 4.69) is 25.8 Å². The van der Waals surface area contributed by atoms with Crippen LogP contribution in [-0.2, 0) is 10.0 Å². The molecular formula is C16H18BrN3O2S. The van der Waals surface area contributed by atoms with E-state index in [-0.39, 0.29) is 0 Å². The van der Waals surface area contributed by atoms with Crippen LogP contribution < -0.4 is 4.90 Å². The van der Waals surface area contributed by atoms with Gasteiger partial charge >= 0.3 is 0 Å². The Morgan fingerprint density at radius 2 is 1.74 bits per heavy atom. The molecule has 0 saturated carbocycles. The van der Waals surface area contributed by atoms with Crippen molar-refractivity contribution in [2.75, 3.05) is 31.1 Å². The van der Waals surface area contributed by atoms with E-state index in [0.717, 1.165) is 16.0 Å². The van der Waals surface area contributed by atoms with Crippen LogP contribution in [0.4, 0.5) is 5.82 Å². The molecule has 1 saturated heterocycles. The molecule has 1 aromatic carbocycles. The van der Waals surface area contributed by atoms with Crippen LogP contribution in [0.3, 0.4) is 0 Å². The average Bonchev–Trinajstić information content (AvgIpc) is 2.55. The predicted molar refractivity (Wildman–Crippen MR) is 94.1 cm³/mol. The molecule has 0 N–H and O–H groups in total. The minimum absolute atomic E-state index is 0.328. The number of hydrogen-bond donors (Lipinski definition) is 0. The molecule has 0 amide bonds. The number of aryl methyl sites for hydroxylation is 1. The molecule has 122 valence electrons. The van der Waals surface area contributed by atoms with Crippen LogP contribution in [0.5, 0.6) is 0 Å². The Morgan fingerprint density at radius 3 is 2.39 bits per heavy atom. The number of halogens is 1. The molecule has 1 aromatic heterocycles. The maximum atomic E-state index is 12.7. The fourth-order valence-corrected chi connectivity index (χ4v) is 4.66. The molecule has 0 aliphatic carbocycles. The zero-order chi connectivity index (χ0) is 16.4. The number of hydrogen-bond acceptors (Lipinski definition) is 4. The van der Waals surface area contributed by atoms with Gasteiger partial charge in [-0.2, -0.15) is 4.31 Å². The van der Waals surface area contributed by atoms with Crippen molar-refractivity contribution in [2.24, 2.45) is 0 Å². The molecule has 2 heterocycles. The van der Waals surface area contributed by atoms with E-state index in [1.165, 1.54) is 0 Å². The number of sulfonamides is 1. The van der Waals surface area contributed by atoms with Gasteiger partial charge in [-0.15, -0.1) is 0 Å². The van der Waals surface area contributed by atoms with Crippen molar-refractivity contribution in [2.45, 2.75) is 11.8 Å². The maximum Gasteiger partial charge on any atom is 0.243 e. The molecule has 0 unspecified atom stereocenters. The van der Waals surface area contributed by atoms with Gasteiger partial charge in [0.15, 0.2) is 0 Å². The lowest BCUT2D eigenvalue weighted by atomic mass is 10.3. The number of rotatable bonds is 3. The SMILES string of the molecule is Cc1cccc(N2CCN(S(=O)(=O)c3cccc(Br)c3)CC2)n1. The van der Waals surface area contributed by atoms with E-state index < -0.39 is 10.0 Å². The smallest absolute Gasteiger partial charge is 0.243 e. The predicted octanol–water partition coefficient (Wildman–Crippen LogP) is 2.66. The lowest BCUT2D eigenvalue weighted by molar-refractivity contribution is 0.383. The van der Waals surface area contributed by atoms with Crippen molar-refractivity contribution in [3.05, 3.63) is 52.6 Å². The molecule has 1 aliphatic rings. The Bertz CT molecular complexity index is 802. The van der Waals surface area contributed by atoms with E-state index in [9.17, 15) is 8.42 Å². The monoisotopic (exact) mass is 395 g/mol. The van der Waals surface area contributed by atoms with Crippen molar-refractivity contribution in [1.29, 1.82) is 0 Å². The molecule has 2 aromatic rings. The Kier molecular flexibility index (Phi) is 4.70. The highest BCUT2D eigenvalue weighted by Crippen LogP contribution is 2.22. The van der Waals surface area contributed by atoms with Crippen LogP contribution in [0.2, 0.25) is 0 Å². The van der Waals surface area contributed by atoms with Crippen molar-refractivity contribution >= 4 is 31.8 Å². The van der Waals surface area contributed by atoms with Crippen molar-refractivity contribution in [1.82, 2.24) is 9.29 Å². The highest BCUT2D eigenvalue weighted by Gasteiger charge is 2.28. The second-order valence-corrected chi connectivity index (χ2v) is 8.34. The third-order valence-corrected chi connectivity index (χ3v) is 6.26. The molecule has 7 heteroatoms. The summed E-state index contributed by atoms with van der Waals surface area (Å²) in [6, 6.07) is 12.7. The number of piperazine rings is 1. The largest absolute Gasteiger partial charge is 0.354 e. The zero-order valence-electron chi connectivity index (χ0n) is 12.8. The quantitative estimate of drug-likeness (QED) is 0.801. The first-order chi connectivity index (χ1) is 11.0. The molecule has 3 rings (SSSR count). The van der Waals surface area contributed by atoms with Crippen LogP contribution in [0.25, 0.3) is 0 Å². The van der Waals surface area contributed by atoms with Gasteiger partial charge in [0.25, 0.3) is 0 Å². The van der Waals surface area contributed by atoms with E-state index >= 15 is 0 Å². The van der Waals surface area contributed by atoms with E-state index in [4.69, 9.17) is 0 Å². The van der Waals surface area contributed by atoms with Crippen LogP contribution in [0, 0.1) is 6.92 Å². The average molecular weight is 396 g/mol. The molecule has 0 radical (unpaired) electrons. The minimum Gasteiger partial charge on any atom is -0.354 e. The lowest BCUT2D eigenvalue weighted by Gasteiger charge is -2.34. The molecule has 0 atom stereocenters. The summed E-state index contributed by atoms with van der Waals surface area (Å²) < 4.78 is 27.7. The summed E-state index contributed by atoms with van der Waals surface area (Å²) in [6.07, 6.45) is 0. The Labute approximate surface area is 145 Å². The Morgan fingerprint density at radius 1 is 1.04 bits per heavy atom. The van der Waals surface area contributed by atoms with E-state index in [1.54, 1.807) is 22.5 Å². The fraction of sp³-hybridized carbons (Fsp3) is 0.312. The number of pyridine rings is 1. The van der Waals surface area contributed by atoms with Crippen LogP contribution in [0.1, 0.15) is 5.69 Å². The van der Waals surface area contributed by atoms with Gasteiger partial charge in [-0.3, -0.25) is 0 Å². The molecule has 0 bridgehead atoms. The van der Waals surface area contributed by atoms with Crippen molar-refractivity contribution in [3.63, 3.8) is 0 Å². The summed E-state index contributed by atoms with van der Waals surface area (Å²) in [5.74, 6) is 0.907. The van der Waals surface area contributed by atoms with Gasteiger partial charge in [0, 0.05) is 36.3 Å². The normalized spacial score (nSPS) is 16.5. The number of benzene rings is 1. The molecular weight excluding hydrogens is 378 g/mol. The van der Waals surface area contributed by atoms with Gasteiger partial charge < -0.3 is 4.90 Å². The van der Waals surface area contributed by atoms with Gasteiger partial charge in [-0.1, -0.05) is 28.1 Å². The standard InChI is InChI=1S/C16H18BrN3O2S/c1-13-4-2-7-16(18-13)19-8-10-20(11-9-19)23(21,22)15-6-3-5-14(17)12-15/h2-7,12H,8-11H2,1H3. The first kappa shape index (κ1) is 16.4. The summed E-state index contributed by atoms with van der Waals surface area (Å²) in [4.78, 5) is 6.96. The summed E-state index contributed by atoms with van der Waals surface area (Å²) in [5.41, 5.74) is 0.965. The topological polar surface area (TPSA) is 53.5 Å². The summed E-state index contributed by atoms with van der Waals surface area (Å²) in [6.45, 7) is 4.17.